The van der Waals surface area contributed by atoms with E-state index in [0.29, 0.717) is 18.3 Å². The highest BCUT2D eigenvalue weighted by Gasteiger charge is 2.43. The van der Waals surface area contributed by atoms with Crippen molar-refractivity contribution < 1.29 is 9.13 Å². The molecule has 0 amide bonds. The number of imidazole rings is 1. The van der Waals surface area contributed by atoms with Crippen LogP contribution < -0.4 is 26.8 Å². The first kappa shape index (κ1) is 24.8. The zero-order chi connectivity index (χ0) is 24.2. The Morgan fingerprint density at radius 3 is 2.59 bits per heavy atom. The van der Waals surface area contributed by atoms with Crippen molar-refractivity contribution >= 4 is 5.69 Å². The summed E-state index contributed by atoms with van der Waals surface area (Å²) in [4.78, 5) is 12.5. The van der Waals surface area contributed by atoms with Crippen LogP contribution in [0.2, 0.25) is 0 Å². The summed E-state index contributed by atoms with van der Waals surface area (Å²) in [5.74, 6) is -0.279. The van der Waals surface area contributed by atoms with Gasteiger partial charge < -0.3 is 19.9 Å². The molecule has 2 aromatic rings. The molecule has 4 atom stereocenters. The number of nitrogens with zero attached hydrogens (tertiary/aromatic N) is 6. The van der Waals surface area contributed by atoms with E-state index in [0.717, 1.165) is 39.0 Å². The SMILES string of the molecule is CCN1CCCC1CN1C(N)N(CCCn2ccnc2)C(N)N(c2ccc(OC)c(F)c2)C1N. The van der Waals surface area contributed by atoms with Crippen molar-refractivity contribution in [2.24, 2.45) is 17.2 Å². The molecule has 34 heavy (non-hydrogen) atoms. The standard InChI is InChI=1S/C23H38FN9O/c1-3-30-11-4-6-18(30)15-32-21(25)31(12-5-10-29-13-9-28-16-29)22(26)33(23(32)27)17-7-8-20(34-2)19(24)14-17/h7-9,13-14,16,18,21-23H,3-6,10-12,15,25-27H2,1-2H3. The largest absolute Gasteiger partial charge is 0.494 e. The number of likely N-dealkylation sites (tertiary alicyclic amines) is 1. The molecule has 2 saturated heterocycles. The quantitative estimate of drug-likeness (QED) is 0.483. The molecule has 0 aliphatic carbocycles. The molecule has 2 aliphatic heterocycles. The smallest absolute Gasteiger partial charge is 0.167 e. The summed E-state index contributed by atoms with van der Waals surface area (Å²) in [6.07, 6.45) is 6.94. The van der Waals surface area contributed by atoms with Crippen molar-refractivity contribution in [1.29, 1.82) is 0 Å². The number of nitrogens with two attached hydrogens (primary N) is 3. The van der Waals surface area contributed by atoms with Gasteiger partial charge in [0, 0.05) is 49.8 Å². The molecular weight excluding hydrogens is 437 g/mol. The van der Waals surface area contributed by atoms with E-state index in [4.69, 9.17) is 21.9 Å². The number of benzene rings is 1. The molecule has 4 rings (SSSR count). The van der Waals surface area contributed by atoms with Gasteiger partial charge in [-0.15, -0.1) is 0 Å². The minimum Gasteiger partial charge on any atom is -0.494 e. The van der Waals surface area contributed by atoms with E-state index in [1.54, 1.807) is 24.7 Å². The maximum atomic E-state index is 14.6. The summed E-state index contributed by atoms with van der Waals surface area (Å²) in [5, 5.41) is 0. The van der Waals surface area contributed by atoms with Crippen LogP contribution in [0.25, 0.3) is 0 Å². The second-order valence-electron chi connectivity index (χ2n) is 8.98. The molecule has 0 bridgehead atoms. The molecule has 188 valence electrons. The molecule has 0 radical (unpaired) electrons. The number of hydrogen-bond donors (Lipinski definition) is 3. The predicted molar refractivity (Wildman–Crippen MR) is 130 cm³/mol. The minimum atomic E-state index is -0.609. The van der Waals surface area contributed by atoms with E-state index in [1.807, 2.05) is 20.6 Å². The van der Waals surface area contributed by atoms with Gasteiger partial charge in [0.2, 0.25) is 0 Å². The highest BCUT2D eigenvalue weighted by molar-refractivity contribution is 5.51. The van der Waals surface area contributed by atoms with Crippen LogP contribution in [-0.2, 0) is 6.54 Å². The van der Waals surface area contributed by atoms with Crippen molar-refractivity contribution in [2.45, 2.75) is 57.6 Å². The normalized spacial score (nSPS) is 26.9. The van der Waals surface area contributed by atoms with E-state index in [-0.39, 0.29) is 5.75 Å². The number of aryl methyl sites for hydroxylation is 1. The number of rotatable bonds is 9. The van der Waals surface area contributed by atoms with Crippen molar-refractivity contribution in [3.05, 3.63) is 42.7 Å². The fourth-order valence-electron chi connectivity index (χ4n) is 5.20. The van der Waals surface area contributed by atoms with E-state index in [9.17, 15) is 4.39 Å². The van der Waals surface area contributed by atoms with Gasteiger partial charge >= 0.3 is 0 Å². The maximum Gasteiger partial charge on any atom is 0.167 e. The topological polar surface area (TPSA) is 118 Å². The predicted octanol–water partition coefficient (Wildman–Crippen LogP) is 0.756. The van der Waals surface area contributed by atoms with Gasteiger partial charge in [0.1, 0.15) is 18.9 Å². The lowest BCUT2D eigenvalue weighted by molar-refractivity contribution is -0.0685. The van der Waals surface area contributed by atoms with Crippen LogP contribution in [0.15, 0.2) is 36.9 Å². The lowest BCUT2D eigenvalue weighted by Crippen LogP contribution is -2.79. The Morgan fingerprint density at radius 1 is 1.12 bits per heavy atom. The van der Waals surface area contributed by atoms with E-state index < -0.39 is 24.7 Å². The second-order valence-corrected chi connectivity index (χ2v) is 8.98. The first-order chi connectivity index (χ1) is 16.4. The zero-order valence-corrected chi connectivity index (χ0v) is 20.1. The number of halogens is 1. The summed E-state index contributed by atoms with van der Waals surface area (Å²) in [5.41, 5.74) is 20.9. The van der Waals surface area contributed by atoms with Crippen LogP contribution in [-0.4, -0.2) is 82.5 Å². The molecule has 2 aliphatic rings. The Labute approximate surface area is 201 Å². The number of hydrogen-bond acceptors (Lipinski definition) is 9. The van der Waals surface area contributed by atoms with Crippen molar-refractivity contribution in [1.82, 2.24) is 24.3 Å². The Balaban J connectivity index is 1.58. The Morgan fingerprint density at radius 2 is 1.91 bits per heavy atom. The summed E-state index contributed by atoms with van der Waals surface area (Å²) in [6.45, 7) is 6.42. The van der Waals surface area contributed by atoms with Gasteiger partial charge in [-0.05, 0) is 44.5 Å². The lowest BCUT2D eigenvalue weighted by atomic mass is 10.1. The molecule has 3 heterocycles. The summed E-state index contributed by atoms with van der Waals surface area (Å²) < 4.78 is 21.7. The van der Waals surface area contributed by atoms with E-state index in [1.165, 1.54) is 19.6 Å². The molecule has 1 aromatic heterocycles. The van der Waals surface area contributed by atoms with Crippen LogP contribution in [0.4, 0.5) is 10.1 Å². The fourth-order valence-corrected chi connectivity index (χ4v) is 5.20. The highest BCUT2D eigenvalue weighted by atomic mass is 19.1. The molecule has 11 heteroatoms. The molecule has 10 nitrogen and oxygen atoms in total. The molecule has 2 fully saturated rings. The van der Waals surface area contributed by atoms with Gasteiger partial charge in [-0.3, -0.25) is 16.4 Å². The summed E-state index contributed by atoms with van der Waals surface area (Å²) >= 11 is 0. The Kier molecular flexibility index (Phi) is 8.02. The number of aromatic nitrogens is 2. The maximum absolute atomic E-state index is 14.6. The number of likely N-dealkylation sites (N-methyl/N-ethyl adjacent to an activating group) is 1. The van der Waals surface area contributed by atoms with Gasteiger partial charge in [-0.2, -0.15) is 0 Å². The first-order valence-electron chi connectivity index (χ1n) is 12.0. The molecule has 1 aromatic carbocycles. The summed E-state index contributed by atoms with van der Waals surface area (Å²) in [6, 6.07) is 5.18. The van der Waals surface area contributed by atoms with Gasteiger partial charge in [0.25, 0.3) is 0 Å². The fraction of sp³-hybridized carbons (Fsp3) is 0.609. The molecule has 0 saturated carbocycles. The van der Waals surface area contributed by atoms with Gasteiger partial charge in [0.15, 0.2) is 11.6 Å². The van der Waals surface area contributed by atoms with E-state index >= 15 is 0 Å². The Hall–Kier alpha value is -2.28. The van der Waals surface area contributed by atoms with Crippen LogP contribution in [0.1, 0.15) is 26.2 Å². The number of methoxy groups -OCH3 is 1. The third-order valence-corrected chi connectivity index (χ3v) is 7.08. The van der Waals surface area contributed by atoms with Gasteiger partial charge in [0.05, 0.1) is 13.4 Å². The second kappa shape index (κ2) is 11.0. The lowest BCUT2D eigenvalue weighted by Gasteiger charge is -2.55. The van der Waals surface area contributed by atoms with Gasteiger partial charge in [-0.25, -0.2) is 19.2 Å². The monoisotopic (exact) mass is 475 g/mol. The number of ether oxygens (including phenoxy) is 1. The van der Waals surface area contributed by atoms with Crippen LogP contribution in [0, 0.1) is 5.82 Å². The molecule has 0 spiro atoms. The van der Waals surface area contributed by atoms with Crippen molar-refractivity contribution in [3.63, 3.8) is 0 Å². The average Bonchev–Trinajstić information content (AvgIpc) is 3.51. The zero-order valence-electron chi connectivity index (χ0n) is 20.1. The third kappa shape index (κ3) is 5.04. The van der Waals surface area contributed by atoms with Crippen molar-refractivity contribution in [3.8, 4) is 5.75 Å². The average molecular weight is 476 g/mol. The number of anilines is 1. The third-order valence-electron chi connectivity index (χ3n) is 7.08. The van der Waals surface area contributed by atoms with Gasteiger partial charge in [-0.1, -0.05) is 6.92 Å². The van der Waals surface area contributed by atoms with Crippen LogP contribution in [0.5, 0.6) is 5.75 Å². The summed E-state index contributed by atoms with van der Waals surface area (Å²) in [7, 11) is 1.44. The van der Waals surface area contributed by atoms with Crippen molar-refractivity contribution in [2.75, 3.05) is 38.2 Å². The highest BCUT2D eigenvalue weighted by Crippen LogP contribution is 2.31. The van der Waals surface area contributed by atoms with Crippen LogP contribution in [0.3, 0.4) is 0 Å². The van der Waals surface area contributed by atoms with Crippen LogP contribution >= 0.6 is 0 Å². The molecule has 4 unspecified atom stereocenters. The first-order valence-corrected chi connectivity index (χ1v) is 12.0. The molecular formula is C23H38FN9O. The Bertz CT molecular complexity index is 914. The minimum absolute atomic E-state index is 0.179. The van der Waals surface area contributed by atoms with E-state index in [2.05, 4.69) is 21.7 Å². The molecule has 6 N–H and O–H groups in total.